The number of hydrogen-bond donors (Lipinski definition) is 1. The van der Waals surface area contributed by atoms with Crippen molar-refractivity contribution in [1.82, 2.24) is 0 Å². The topological polar surface area (TPSA) is 52.9 Å². The van der Waals surface area contributed by atoms with Gasteiger partial charge in [-0.1, -0.05) is 30.3 Å². The minimum Gasteiger partial charge on any atom is -0.508 e. The monoisotopic (exact) mass is 376 g/mol. The van der Waals surface area contributed by atoms with Crippen molar-refractivity contribution in [3.05, 3.63) is 101 Å². The maximum atomic E-state index is 14.4. The zero-order chi connectivity index (χ0) is 19.7. The second kappa shape index (κ2) is 7.08. The molecule has 1 N–H and O–H groups in total. The van der Waals surface area contributed by atoms with Gasteiger partial charge in [-0.15, -0.1) is 0 Å². The second-order valence-electron chi connectivity index (χ2n) is 6.12. The fourth-order valence-corrected chi connectivity index (χ4v) is 2.92. The largest absolute Gasteiger partial charge is 0.508 e. The molecule has 138 valence electrons. The zero-order valence-electron chi connectivity index (χ0n) is 14.5. The van der Waals surface area contributed by atoms with Gasteiger partial charge in [-0.2, -0.15) is 0 Å². The number of halogens is 2. The van der Waals surface area contributed by atoms with E-state index in [9.17, 15) is 18.7 Å². The van der Waals surface area contributed by atoms with Gasteiger partial charge in [0.2, 0.25) is 0 Å². The highest BCUT2D eigenvalue weighted by molar-refractivity contribution is 6.33. The summed E-state index contributed by atoms with van der Waals surface area (Å²) >= 11 is 0. The number of rotatable bonds is 3. The number of carbonyl (C=O) groups is 1. The van der Waals surface area contributed by atoms with E-state index >= 15 is 0 Å². The van der Waals surface area contributed by atoms with E-state index < -0.39 is 17.5 Å². The highest BCUT2D eigenvalue weighted by atomic mass is 19.1. The predicted molar refractivity (Wildman–Crippen MR) is 103 cm³/mol. The number of anilines is 1. The minimum absolute atomic E-state index is 0.0172. The van der Waals surface area contributed by atoms with Crippen LogP contribution < -0.4 is 4.90 Å². The summed E-state index contributed by atoms with van der Waals surface area (Å²) in [6.07, 6.45) is 1.33. The van der Waals surface area contributed by atoms with Crippen molar-refractivity contribution in [2.24, 2.45) is 4.99 Å². The summed E-state index contributed by atoms with van der Waals surface area (Å²) in [6.45, 7) is 0. The second-order valence-corrected chi connectivity index (χ2v) is 6.12. The summed E-state index contributed by atoms with van der Waals surface area (Å²) in [7, 11) is 0. The van der Waals surface area contributed by atoms with Crippen LogP contribution in [0.25, 0.3) is 6.08 Å². The van der Waals surface area contributed by atoms with Crippen molar-refractivity contribution < 1.29 is 18.7 Å². The molecule has 0 saturated carbocycles. The Kier molecular flexibility index (Phi) is 4.45. The van der Waals surface area contributed by atoms with Crippen LogP contribution in [0, 0.1) is 11.6 Å². The highest BCUT2D eigenvalue weighted by Crippen LogP contribution is 2.30. The van der Waals surface area contributed by atoms with Gasteiger partial charge in [0.05, 0.1) is 11.3 Å². The number of nitrogens with zero attached hydrogens (tertiary/aromatic N) is 2. The van der Waals surface area contributed by atoms with Crippen LogP contribution >= 0.6 is 0 Å². The van der Waals surface area contributed by atoms with E-state index in [0.717, 1.165) is 0 Å². The lowest BCUT2D eigenvalue weighted by atomic mass is 10.1. The van der Waals surface area contributed by atoms with Gasteiger partial charge in [-0.25, -0.2) is 13.8 Å². The average molecular weight is 376 g/mol. The molecule has 0 bridgehead atoms. The molecular formula is C22H14F2N2O2. The molecular weight excluding hydrogens is 362 g/mol. The maximum absolute atomic E-state index is 14.4. The molecule has 0 atom stereocenters. The number of carbonyl (C=O) groups excluding carboxylic acids is 1. The number of aromatic hydroxyl groups is 1. The van der Waals surface area contributed by atoms with Gasteiger partial charge in [-0.3, -0.25) is 9.69 Å². The fraction of sp³-hybridized carbons (Fsp3) is 0. The molecule has 3 aromatic rings. The average Bonchev–Trinajstić information content (AvgIpc) is 3.01. The van der Waals surface area contributed by atoms with Crippen LogP contribution in [0.3, 0.4) is 0 Å². The molecule has 3 aromatic carbocycles. The molecule has 1 heterocycles. The van der Waals surface area contributed by atoms with E-state index in [1.807, 2.05) is 0 Å². The normalized spacial score (nSPS) is 15.2. The Bertz CT molecular complexity index is 1120. The van der Waals surface area contributed by atoms with Gasteiger partial charge >= 0.3 is 0 Å². The summed E-state index contributed by atoms with van der Waals surface area (Å²) in [5.74, 6) is -1.43. The Morgan fingerprint density at radius 3 is 2.18 bits per heavy atom. The Balaban J connectivity index is 1.87. The standard InChI is InChI=1S/C22H14F2N2O2/c23-18-7-3-1-5-14(18)13-20-22(28)26(15-9-11-16(27)12-10-15)21(25-20)17-6-2-4-8-19(17)24/h1-13,27H/b20-13+. The van der Waals surface area contributed by atoms with Gasteiger partial charge < -0.3 is 5.11 Å². The molecule has 0 radical (unpaired) electrons. The molecule has 0 spiro atoms. The predicted octanol–water partition coefficient (Wildman–Crippen LogP) is 4.50. The Labute approximate surface area is 159 Å². The molecule has 4 rings (SSSR count). The SMILES string of the molecule is O=C1/C(=C\c2ccccc2F)N=C(c2ccccc2F)N1c1ccc(O)cc1. The number of amidine groups is 1. The van der Waals surface area contributed by atoms with Gasteiger partial charge in [0.25, 0.3) is 5.91 Å². The Morgan fingerprint density at radius 1 is 0.857 bits per heavy atom. The molecule has 1 aliphatic rings. The van der Waals surface area contributed by atoms with Gasteiger partial charge in [0.1, 0.15) is 23.1 Å². The molecule has 6 heteroatoms. The molecule has 0 aliphatic carbocycles. The van der Waals surface area contributed by atoms with Gasteiger partial charge in [0.15, 0.2) is 5.84 Å². The summed E-state index contributed by atoms with van der Waals surface area (Å²) in [4.78, 5) is 18.6. The summed E-state index contributed by atoms with van der Waals surface area (Å²) in [5.41, 5.74) is 0.731. The fourth-order valence-electron chi connectivity index (χ4n) is 2.92. The van der Waals surface area contributed by atoms with E-state index in [1.165, 1.54) is 65.6 Å². The minimum atomic E-state index is -0.537. The molecule has 0 saturated heterocycles. The van der Waals surface area contributed by atoms with Crippen LogP contribution in [0.2, 0.25) is 0 Å². The van der Waals surface area contributed by atoms with Crippen LogP contribution in [0.4, 0.5) is 14.5 Å². The number of amides is 1. The maximum Gasteiger partial charge on any atom is 0.282 e. The Hall–Kier alpha value is -3.80. The molecule has 0 aromatic heterocycles. The molecule has 1 amide bonds. The number of phenols is 1. The first kappa shape index (κ1) is 17.6. The van der Waals surface area contributed by atoms with E-state index in [0.29, 0.717) is 5.69 Å². The first-order chi connectivity index (χ1) is 13.5. The quantitative estimate of drug-likeness (QED) is 0.684. The van der Waals surface area contributed by atoms with Crippen molar-refractivity contribution in [3.63, 3.8) is 0 Å². The van der Waals surface area contributed by atoms with Crippen LogP contribution in [0.1, 0.15) is 11.1 Å². The van der Waals surface area contributed by atoms with E-state index in [2.05, 4.69) is 4.99 Å². The van der Waals surface area contributed by atoms with E-state index in [-0.39, 0.29) is 28.4 Å². The molecule has 0 fully saturated rings. The van der Waals surface area contributed by atoms with Gasteiger partial charge in [-0.05, 0) is 48.5 Å². The van der Waals surface area contributed by atoms with Crippen LogP contribution in [0.5, 0.6) is 5.75 Å². The third kappa shape index (κ3) is 3.16. The third-order valence-corrected chi connectivity index (χ3v) is 4.28. The number of benzene rings is 3. The van der Waals surface area contributed by atoms with Crippen LogP contribution in [-0.4, -0.2) is 16.8 Å². The number of hydrogen-bond acceptors (Lipinski definition) is 3. The highest BCUT2D eigenvalue weighted by Gasteiger charge is 2.33. The summed E-state index contributed by atoms with van der Waals surface area (Å²) < 4.78 is 28.4. The van der Waals surface area contributed by atoms with E-state index in [4.69, 9.17) is 0 Å². The lowest BCUT2D eigenvalue weighted by molar-refractivity contribution is -0.113. The van der Waals surface area contributed by atoms with Crippen molar-refractivity contribution in [3.8, 4) is 5.75 Å². The van der Waals surface area contributed by atoms with Crippen LogP contribution in [-0.2, 0) is 4.79 Å². The van der Waals surface area contributed by atoms with Crippen molar-refractivity contribution >= 4 is 23.5 Å². The number of aliphatic imine (C=N–C) groups is 1. The molecule has 1 aliphatic heterocycles. The van der Waals surface area contributed by atoms with Gasteiger partial charge in [0, 0.05) is 5.56 Å². The van der Waals surface area contributed by atoms with Crippen molar-refractivity contribution in [2.45, 2.75) is 0 Å². The zero-order valence-corrected chi connectivity index (χ0v) is 14.5. The molecule has 0 unspecified atom stereocenters. The first-order valence-corrected chi connectivity index (χ1v) is 8.48. The molecule has 28 heavy (non-hydrogen) atoms. The van der Waals surface area contributed by atoms with Crippen molar-refractivity contribution in [1.29, 1.82) is 0 Å². The van der Waals surface area contributed by atoms with Crippen LogP contribution in [0.15, 0.2) is 83.5 Å². The summed E-state index contributed by atoms with van der Waals surface area (Å²) in [5, 5.41) is 9.52. The third-order valence-electron chi connectivity index (χ3n) is 4.28. The lowest BCUT2D eigenvalue weighted by Gasteiger charge is -2.18. The summed E-state index contributed by atoms with van der Waals surface area (Å²) in [6, 6.07) is 17.8. The number of phenolic OH excluding ortho intramolecular Hbond substituents is 1. The first-order valence-electron chi connectivity index (χ1n) is 8.48. The van der Waals surface area contributed by atoms with E-state index in [1.54, 1.807) is 18.2 Å². The Morgan fingerprint density at radius 2 is 1.50 bits per heavy atom. The molecule has 4 nitrogen and oxygen atoms in total. The lowest BCUT2D eigenvalue weighted by Crippen LogP contribution is -2.33. The van der Waals surface area contributed by atoms with Crippen molar-refractivity contribution in [2.75, 3.05) is 4.90 Å². The smallest absolute Gasteiger partial charge is 0.282 e.